The summed E-state index contributed by atoms with van der Waals surface area (Å²) in [5.41, 5.74) is 0.410. The van der Waals surface area contributed by atoms with Crippen LogP contribution in [-0.2, 0) is 10.3 Å². The Kier molecular flexibility index (Phi) is 2.70. The van der Waals surface area contributed by atoms with E-state index >= 15 is 0 Å². The first-order valence-electron chi connectivity index (χ1n) is 6.24. The minimum Gasteiger partial charge on any atom is -0.493 e. The molecule has 7 heteroatoms. The average molecular weight is 277 g/mol. The summed E-state index contributed by atoms with van der Waals surface area (Å²) in [6.45, 7) is 0.580. The molecule has 1 spiro atoms. The van der Waals surface area contributed by atoms with Crippen LogP contribution in [0.1, 0.15) is 12.0 Å². The number of urea groups is 1. The highest BCUT2D eigenvalue weighted by atomic mass is 16.5. The second-order valence-electron chi connectivity index (χ2n) is 4.74. The van der Waals surface area contributed by atoms with Gasteiger partial charge in [-0.1, -0.05) is 0 Å². The lowest BCUT2D eigenvalue weighted by Crippen LogP contribution is -2.48. The third kappa shape index (κ3) is 1.59. The number of imide groups is 1. The van der Waals surface area contributed by atoms with Crippen LogP contribution in [0, 0.1) is 0 Å². The van der Waals surface area contributed by atoms with Crippen LogP contribution in [0.2, 0.25) is 0 Å². The van der Waals surface area contributed by atoms with E-state index in [1.807, 2.05) is 0 Å². The van der Waals surface area contributed by atoms with Crippen LogP contribution in [0.25, 0.3) is 0 Å². The minimum absolute atomic E-state index is 0.336. The summed E-state index contributed by atoms with van der Waals surface area (Å²) in [5.74, 6) is 0.751. The number of amides is 3. The lowest BCUT2D eigenvalue weighted by atomic mass is 9.82. The Labute approximate surface area is 115 Å². The third-order valence-electron chi connectivity index (χ3n) is 3.74. The standard InChI is InChI=1S/C13H15N3O4/c1-19-9-5-7-8(6-10(9)20-2)14-4-3-13(7)11(17)15-12(18)16-13/h5-6,14H,3-4H2,1-2H3,(H2,15,16,17,18). The van der Waals surface area contributed by atoms with Gasteiger partial charge < -0.3 is 20.1 Å². The fourth-order valence-electron chi connectivity index (χ4n) is 2.75. The van der Waals surface area contributed by atoms with Crippen molar-refractivity contribution in [1.29, 1.82) is 0 Å². The van der Waals surface area contributed by atoms with Crippen LogP contribution in [0.4, 0.5) is 10.5 Å². The van der Waals surface area contributed by atoms with Crippen molar-refractivity contribution in [3.8, 4) is 11.5 Å². The number of carbonyl (C=O) groups excluding carboxylic acids is 2. The summed E-state index contributed by atoms with van der Waals surface area (Å²) in [7, 11) is 3.08. The molecule has 1 unspecified atom stereocenters. The van der Waals surface area contributed by atoms with Gasteiger partial charge in [0, 0.05) is 30.3 Å². The highest BCUT2D eigenvalue weighted by Crippen LogP contribution is 2.43. The number of hydrogen-bond donors (Lipinski definition) is 3. The van der Waals surface area contributed by atoms with E-state index in [4.69, 9.17) is 9.47 Å². The Balaban J connectivity index is 2.18. The van der Waals surface area contributed by atoms with Gasteiger partial charge in [0.25, 0.3) is 5.91 Å². The van der Waals surface area contributed by atoms with E-state index in [9.17, 15) is 9.59 Å². The Morgan fingerprint density at radius 1 is 1.15 bits per heavy atom. The largest absolute Gasteiger partial charge is 0.493 e. The number of hydrogen-bond acceptors (Lipinski definition) is 5. The van der Waals surface area contributed by atoms with Crippen molar-refractivity contribution in [3.63, 3.8) is 0 Å². The maximum absolute atomic E-state index is 12.2. The molecule has 2 aliphatic heterocycles. The van der Waals surface area contributed by atoms with Crippen molar-refractivity contribution >= 4 is 17.6 Å². The monoisotopic (exact) mass is 277 g/mol. The number of carbonyl (C=O) groups is 2. The molecule has 0 radical (unpaired) electrons. The molecule has 1 fully saturated rings. The number of rotatable bonds is 2. The molecule has 1 saturated heterocycles. The molecule has 2 heterocycles. The van der Waals surface area contributed by atoms with Crippen LogP contribution >= 0.6 is 0 Å². The number of methoxy groups -OCH3 is 2. The number of nitrogens with one attached hydrogen (secondary N) is 3. The number of fused-ring (bicyclic) bond motifs is 2. The molecule has 2 aliphatic rings. The first-order valence-corrected chi connectivity index (χ1v) is 6.24. The maximum Gasteiger partial charge on any atom is 0.322 e. The summed E-state index contributed by atoms with van der Waals surface area (Å²) < 4.78 is 10.5. The zero-order chi connectivity index (χ0) is 14.3. The Hall–Kier alpha value is -2.44. The summed E-state index contributed by atoms with van der Waals surface area (Å²) in [4.78, 5) is 23.7. The van der Waals surface area contributed by atoms with Gasteiger partial charge in [0.1, 0.15) is 5.54 Å². The first-order chi connectivity index (χ1) is 9.60. The normalized spacial score (nSPS) is 23.7. The summed E-state index contributed by atoms with van der Waals surface area (Å²) >= 11 is 0. The van der Waals surface area contributed by atoms with Gasteiger partial charge in [-0.3, -0.25) is 10.1 Å². The van der Waals surface area contributed by atoms with Gasteiger partial charge in [0.15, 0.2) is 11.5 Å². The predicted molar refractivity (Wildman–Crippen MR) is 71.0 cm³/mol. The van der Waals surface area contributed by atoms with Crippen molar-refractivity contribution in [2.75, 3.05) is 26.1 Å². The van der Waals surface area contributed by atoms with E-state index in [-0.39, 0.29) is 5.91 Å². The minimum atomic E-state index is -1.03. The van der Waals surface area contributed by atoms with E-state index in [1.165, 1.54) is 7.11 Å². The van der Waals surface area contributed by atoms with Gasteiger partial charge in [-0.15, -0.1) is 0 Å². The molecule has 1 atom stereocenters. The van der Waals surface area contributed by atoms with Crippen molar-refractivity contribution in [1.82, 2.24) is 10.6 Å². The van der Waals surface area contributed by atoms with Crippen molar-refractivity contribution < 1.29 is 19.1 Å². The van der Waals surface area contributed by atoms with E-state index in [0.29, 0.717) is 30.0 Å². The van der Waals surface area contributed by atoms with Gasteiger partial charge >= 0.3 is 6.03 Å². The molecular weight excluding hydrogens is 262 g/mol. The quantitative estimate of drug-likeness (QED) is 0.687. The van der Waals surface area contributed by atoms with Gasteiger partial charge in [-0.2, -0.15) is 0 Å². The van der Waals surface area contributed by atoms with E-state index < -0.39 is 11.6 Å². The summed E-state index contributed by atoms with van der Waals surface area (Å²) in [6, 6.07) is 3.02. The van der Waals surface area contributed by atoms with Gasteiger partial charge in [0.2, 0.25) is 0 Å². The zero-order valence-corrected chi connectivity index (χ0v) is 11.2. The van der Waals surface area contributed by atoms with Crippen LogP contribution < -0.4 is 25.4 Å². The molecular formula is C13H15N3O4. The van der Waals surface area contributed by atoms with Crippen LogP contribution in [0.15, 0.2) is 12.1 Å². The van der Waals surface area contributed by atoms with Crippen molar-refractivity contribution in [2.24, 2.45) is 0 Å². The SMILES string of the molecule is COc1cc2c(cc1OC)C1(CCN2)NC(=O)NC1=O. The fraction of sp³-hybridized carbons (Fsp3) is 0.385. The van der Waals surface area contributed by atoms with E-state index in [1.54, 1.807) is 19.2 Å². The molecule has 0 aromatic heterocycles. The molecule has 3 amide bonds. The smallest absolute Gasteiger partial charge is 0.322 e. The Morgan fingerprint density at radius 3 is 2.45 bits per heavy atom. The van der Waals surface area contributed by atoms with Gasteiger partial charge in [-0.25, -0.2) is 4.79 Å². The Bertz CT molecular complexity index is 602. The van der Waals surface area contributed by atoms with Gasteiger partial charge in [0.05, 0.1) is 14.2 Å². The summed E-state index contributed by atoms with van der Waals surface area (Å²) in [6.07, 6.45) is 0.479. The molecule has 3 N–H and O–H groups in total. The first kappa shape index (κ1) is 12.6. The molecule has 1 aromatic carbocycles. The average Bonchev–Trinajstić information content (AvgIpc) is 2.73. The van der Waals surface area contributed by atoms with Crippen LogP contribution in [-0.4, -0.2) is 32.7 Å². The number of anilines is 1. The Morgan fingerprint density at radius 2 is 1.85 bits per heavy atom. The molecule has 1 aromatic rings. The molecule has 0 aliphatic carbocycles. The van der Waals surface area contributed by atoms with E-state index in [0.717, 1.165) is 5.69 Å². The molecule has 7 nitrogen and oxygen atoms in total. The number of benzene rings is 1. The van der Waals surface area contributed by atoms with Crippen LogP contribution in [0.3, 0.4) is 0 Å². The zero-order valence-electron chi connectivity index (χ0n) is 11.2. The van der Waals surface area contributed by atoms with Crippen molar-refractivity contribution in [2.45, 2.75) is 12.0 Å². The topological polar surface area (TPSA) is 88.7 Å². The molecule has 106 valence electrons. The van der Waals surface area contributed by atoms with Gasteiger partial charge in [-0.05, 0) is 6.07 Å². The second kappa shape index (κ2) is 4.29. The fourth-order valence-corrected chi connectivity index (χ4v) is 2.75. The van der Waals surface area contributed by atoms with E-state index in [2.05, 4.69) is 16.0 Å². The molecule has 0 bridgehead atoms. The highest BCUT2D eigenvalue weighted by molar-refractivity contribution is 6.08. The maximum atomic E-state index is 12.2. The number of ether oxygens (including phenoxy) is 2. The highest BCUT2D eigenvalue weighted by Gasteiger charge is 2.50. The third-order valence-corrected chi connectivity index (χ3v) is 3.74. The predicted octanol–water partition coefficient (Wildman–Crippen LogP) is 0.554. The lowest BCUT2D eigenvalue weighted by Gasteiger charge is -2.34. The van der Waals surface area contributed by atoms with Crippen LogP contribution in [0.5, 0.6) is 11.5 Å². The lowest BCUT2D eigenvalue weighted by molar-refractivity contribution is -0.124. The molecule has 3 rings (SSSR count). The summed E-state index contributed by atoms with van der Waals surface area (Å²) in [5, 5.41) is 8.23. The molecule has 20 heavy (non-hydrogen) atoms. The van der Waals surface area contributed by atoms with Crippen molar-refractivity contribution in [3.05, 3.63) is 17.7 Å². The molecule has 0 saturated carbocycles. The second-order valence-corrected chi connectivity index (χ2v) is 4.74.